The van der Waals surface area contributed by atoms with Crippen LogP contribution in [0.2, 0.25) is 0 Å². The Labute approximate surface area is 215 Å². The van der Waals surface area contributed by atoms with E-state index >= 15 is 0 Å². The molecule has 0 aliphatic rings. The van der Waals surface area contributed by atoms with Gasteiger partial charge in [0.1, 0.15) is 11.4 Å². The van der Waals surface area contributed by atoms with Gasteiger partial charge < -0.3 is 26.8 Å². The van der Waals surface area contributed by atoms with Gasteiger partial charge in [-0.1, -0.05) is 12.1 Å². The first kappa shape index (κ1) is 27.9. The maximum Gasteiger partial charge on any atom is 0.416 e. The Balaban J connectivity index is 1.70. The van der Waals surface area contributed by atoms with Gasteiger partial charge in [-0.05, 0) is 47.4 Å². The standard InChI is InChI=1S/C22H18F4N6O5S/c23-13-6-3-11(22(24,25)26)9-14(13)30-21(37)29-12-4-1-10(2-5-12)17-16(18(27)35)19(32-38-17)31-20(36)28-8-7-15(33)34/h1-6,9H,7-8H2,(H2,27,35)(H,33,34)(H2,29,30,37)(H2,28,31,32,36). The number of primary amides is 1. The van der Waals surface area contributed by atoms with Crippen molar-refractivity contribution in [2.45, 2.75) is 12.6 Å². The molecule has 1 aromatic heterocycles. The number of urea groups is 2. The van der Waals surface area contributed by atoms with Gasteiger partial charge >= 0.3 is 24.2 Å². The van der Waals surface area contributed by atoms with E-state index in [-0.39, 0.29) is 34.9 Å². The number of anilines is 3. The molecule has 11 nitrogen and oxygen atoms in total. The third-order valence-corrected chi connectivity index (χ3v) is 5.64. The molecule has 0 saturated carbocycles. The summed E-state index contributed by atoms with van der Waals surface area (Å²) in [5, 5.41) is 17.6. The number of hydrogen-bond donors (Lipinski definition) is 6. The largest absolute Gasteiger partial charge is 0.481 e. The molecule has 38 heavy (non-hydrogen) atoms. The Morgan fingerprint density at radius 3 is 2.26 bits per heavy atom. The summed E-state index contributed by atoms with van der Waals surface area (Å²) in [5.41, 5.74) is 4.13. The lowest BCUT2D eigenvalue weighted by Gasteiger charge is -2.12. The van der Waals surface area contributed by atoms with Gasteiger partial charge in [0.25, 0.3) is 5.91 Å². The van der Waals surface area contributed by atoms with Crippen molar-refractivity contribution < 1.29 is 41.8 Å². The molecule has 0 fully saturated rings. The van der Waals surface area contributed by atoms with Gasteiger partial charge in [-0.25, -0.2) is 14.0 Å². The topological polar surface area (TPSA) is 176 Å². The van der Waals surface area contributed by atoms with E-state index < -0.39 is 47.2 Å². The van der Waals surface area contributed by atoms with Gasteiger partial charge in [0.05, 0.1) is 22.5 Å². The molecule has 2 aromatic carbocycles. The van der Waals surface area contributed by atoms with Crippen LogP contribution < -0.4 is 27.0 Å². The van der Waals surface area contributed by atoms with Gasteiger partial charge in [0.15, 0.2) is 5.82 Å². The maximum absolute atomic E-state index is 13.9. The zero-order chi connectivity index (χ0) is 28.0. The fourth-order valence-corrected chi connectivity index (χ4v) is 3.87. The minimum atomic E-state index is -4.73. The summed E-state index contributed by atoms with van der Waals surface area (Å²) in [4.78, 5) is 47.0. The highest BCUT2D eigenvalue weighted by atomic mass is 32.1. The Morgan fingerprint density at radius 1 is 0.974 bits per heavy atom. The predicted octanol–water partition coefficient (Wildman–Crippen LogP) is 4.31. The first-order valence-electron chi connectivity index (χ1n) is 10.5. The molecule has 0 radical (unpaired) electrons. The number of carboxylic acid groups (broad SMARTS) is 1. The number of nitrogens with one attached hydrogen (secondary N) is 4. The molecule has 1 heterocycles. The number of nitrogens with two attached hydrogens (primary N) is 1. The number of aromatic nitrogens is 1. The SMILES string of the molecule is NC(=O)c1c(NC(=O)NCCC(=O)O)nsc1-c1ccc(NC(=O)Nc2cc(C(F)(F)F)ccc2F)cc1. The van der Waals surface area contributed by atoms with Crippen LogP contribution in [0.3, 0.4) is 0 Å². The number of halogens is 4. The normalized spacial score (nSPS) is 10.9. The summed E-state index contributed by atoms with van der Waals surface area (Å²) in [7, 11) is 0. The first-order chi connectivity index (χ1) is 17.8. The zero-order valence-electron chi connectivity index (χ0n) is 19.0. The van der Waals surface area contributed by atoms with E-state index in [1.54, 1.807) is 0 Å². The number of nitrogens with zero attached hydrogens (tertiary/aromatic N) is 1. The van der Waals surface area contributed by atoms with Crippen molar-refractivity contribution in [3.05, 3.63) is 59.4 Å². The zero-order valence-corrected chi connectivity index (χ0v) is 19.8. The summed E-state index contributed by atoms with van der Waals surface area (Å²) in [6.07, 6.45) is -5.04. The van der Waals surface area contributed by atoms with Crippen LogP contribution in [0.1, 0.15) is 22.3 Å². The van der Waals surface area contributed by atoms with Crippen LogP contribution in [0.25, 0.3) is 10.4 Å². The molecule has 0 atom stereocenters. The fourth-order valence-electron chi connectivity index (χ4n) is 3.02. The van der Waals surface area contributed by atoms with Crippen molar-refractivity contribution in [3.63, 3.8) is 0 Å². The van der Waals surface area contributed by atoms with Crippen LogP contribution in [-0.2, 0) is 11.0 Å². The van der Waals surface area contributed by atoms with Crippen LogP contribution in [0.5, 0.6) is 0 Å². The number of carbonyl (C=O) groups excluding carboxylic acids is 3. The average Bonchev–Trinajstić information content (AvgIpc) is 3.23. The molecule has 3 rings (SSSR count). The molecule has 0 unspecified atom stereocenters. The molecule has 16 heteroatoms. The second-order valence-electron chi connectivity index (χ2n) is 7.47. The summed E-state index contributed by atoms with van der Waals surface area (Å²) in [6.45, 7) is -0.160. The Morgan fingerprint density at radius 2 is 1.66 bits per heavy atom. The van der Waals surface area contributed by atoms with Crippen molar-refractivity contribution in [1.82, 2.24) is 9.69 Å². The summed E-state index contributed by atoms with van der Waals surface area (Å²) in [5.74, 6) is -3.22. The number of benzene rings is 2. The predicted molar refractivity (Wildman–Crippen MR) is 129 cm³/mol. The molecule has 5 amide bonds. The van der Waals surface area contributed by atoms with E-state index in [1.165, 1.54) is 24.3 Å². The molecular formula is C22H18F4N6O5S. The van der Waals surface area contributed by atoms with E-state index in [2.05, 4.69) is 20.3 Å². The Kier molecular flexibility index (Phi) is 8.46. The Bertz CT molecular complexity index is 1380. The lowest BCUT2D eigenvalue weighted by Crippen LogP contribution is -2.31. The van der Waals surface area contributed by atoms with Crippen LogP contribution in [-0.4, -0.2) is 40.0 Å². The van der Waals surface area contributed by atoms with Crippen LogP contribution >= 0.6 is 11.5 Å². The van der Waals surface area contributed by atoms with Gasteiger partial charge in [-0.2, -0.15) is 17.5 Å². The smallest absolute Gasteiger partial charge is 0.416 e. The summed E-state index contributed by atoms with van der Waals surface area (Å²) in [6, 6.07) is 5.52. The number of amides is 5. The molecule has 0 bridgehead atoms. The minimum absolute atomic E-state index is 0.109. The highest BCUT2D eigenvalue weighted by molar-refractivity contribution is 7.10. The quantitative estimate of drug-likeness (QED) is 0.226. The number of carbonyl (C=O) groups is 4. The van der Waals surface area contributed by atoms with Crippen LogP contribution in [0.4, 0.5) is 44.3 Å². The maximum atomic E-state index is 13.9. The van der Waals surface area contributed by atoms with Crippen molar-refractivity contribution in [3.8, 4) is 10.4 Å². The number of rotatable bonds is 8. The van der Waals surface area contributed by atoms with E-state index in [0.717, 1.165) is 11.5 Å². The fraction of sp³-hybridized carbons (Fsp3) is 0.136. The molecule has 3 aromatic rings. The second-order valence-corrected chi connectivity index (χ2v) is 8.25. The number of hydrogen-bond acceptors (Lipinski definition) is 6. The number of aliphatic carboxylic acids is 1. The van der Waals surface area contributed by atoms with Crippen molar-refractivity contribution in [2.24, 2.45) is 5.73 Å². The summed E-state index contributed by atoms with van der Waals surface area (Å²) >= 11 is 0.834. The van der Waals surface area contributed by atoms with E-state index in [4.69, 9.17) is 10.8 Å². The van der Waals surface area contributed by atoms with Crippen LogP contribution in [0.15, 0.2) is 42.5 Å². The lowest BCUT2D eigenvalue weighted by atomic mass is 10.1. The van der Waals surface area contributed by atoms with Gasteiger partial charge in [-0.15, -0.1) is 0 Å². The summed E-state index contributed by atoms with van der Waals surface area (Å²) < 4.78 is 56.4. The van der Waals surface area contributed by atoms with Gasteiger partial charge in [0.2, 0.25) is 0 Å². The van der Waals surface area contributed by atoms with E-state index in [9.17, 15) is 36.7 Å². The third-order valence-electron chi connectivity index (χ3n) is 4.74. The number of carboxylic acids is 1. The van der Waals surface area contributed by atoms with Crippen molar-refractivity contribution in [1.29, 1.82) is 0 Å². The molecule has 0 aliphatic heterocycles. The van der Waals surface area contributed by atoms with E-state index in [1.807, 2.05) is 5.32 Å². The van der Waals surface area contributed by atoms with Crippen molar-refractivity contribution in [2.75, 3.05) is 22.5 Å². The van der Waals surface area contributed by atoms with Crippen molar-refractivity contribution >= 4 is 52.7 Å². The van der Waals surface area contributed by atoms with Crippen LogP contribution in [0, 0.1) is 5.82 Å². The number of alkyl halides is 3. The molecule has 0 spiro atoms. The monoisotopic (exact) mass is 554 g/mol. The molecule has 0 saturated heterocycles. The second kappa shape index (κ2) is 11.5. The Hall–Kier alpha value is -4.73. The van der Waals surface area contributed by atoms with Gasteiger partial charge in [-0.3, -0.25) is 14.9 Å². The molecule has 200 valence electrons. The lowest BCUT2D eigenvalue weighted by molar-refractivity contribution is -0.138. The first-order valence-corrected chi connectivity index (χ1v) is 11.2. The third kappa shape index (κ3) is 7.16. The van der Waals surface area contributed by atoms with E-state index in [0.29, 0.717) is 23.8 Å². The molecule has 0 aliphatic carbocycles. The average molecular weight is 554 g/mol. The molecular weight excluding hydrogens is 536 g/mol. The highest BCUT2D eigenvalue weighted by Crippen LogP contribution is 2.34. The minimum Gasteiger partial charge on any atom is -0.481 e. The molecule has 7 N–H and O–H groups in total. The van der Waals surface area contributed by atoms with Gasteiger partial charge in [0, 0.05) is 12.2 Å². The highest BCUT2D eigenvalue weighted by Gasteiger charge is 2.31.